The number of likely N-dealkylation sites (tertiary alicyclic amines) is 1. The van der Waals surface area contributed by atoms with Crippen LogP contribution in [0.25, 0.3) is 0 Å². The molecule has 116 valence electrons. The molecule has 2 aliphatic carbocycles. The fourth-order valence-corrected chi connectivity index (χ4v) is 5.25. The monoisotopic (exact) mass is 278 g/mol. The van der Waals surface area contributed by atoms with Crippen LogP contribution in [0.5, 0.6) is 0 Å². The number of nitrogens with zero attached hydrogens (tertiary/aromatic N) is 1. The summed E-state index contributed by atoms with van der Waals surface area (Å²) < 4.78 is 0. The third-order valence-electron chi connectivity index (χ3n) is 6.27. The van der Waals surface area contributed by atoms with E-state index >= 15 is 0 Å². The summed E-state index contributed by atoms with van der Waals surface area (Å²) in [5, 5.41) is 3.72. The van der Waals surface area contributed by atoms with Gasteiger partial charge in [-0.15, -0.1) is 0 Å². The Labute approximate surface area is 125 Å². The summed E-state index contributed by atoms with van der Waals surface area (Å²) in [5.74, 6) is 2.01. The summed E-state index contributed by atoms with van der Waals surface area (Å²) in [6.45, 7) is 6.18. The highest BCUT2D eigenvalue weighted by molar-refractivity contribution is 4.89. The van der Waals surface area contributed by atoms with Crippen LogP contribution < -0.4 is 5.32 Å². The average molecular weight is 278 g/mol. The first-order valence-electron chi connectivity index (χ1n) is 9.36. The lowest BCUT2D eigenvalue weighted by Crippen LogP contribution is -2.38. The van der Waals surface area contributed by atoms with Gasteiger partial charge in [0.25, 0.3) is 0 Å². The van der Waals surface area contributed by atoms with Crippen molar-refractivity contribution in [2.45, 2.75) is 83.2 Å². The molecule has 0 amide bonds. The predicted molar refractivity (Wildman–Crippen MR) is 86.0 cm³/mol. The van der Waals surface area contributed by atoms with E-state index in [9.17, 15) is 0 Å². The Morgan fingerprint density at radius 3 is 2.60 bits per heavy atom. The molecule has 3 atom stereocenters. The molecule has 2 saturated carbocycles. The van der Waals surface area contributed by atoms with Gasteiger partial charge in [-0.2, -0.15) is 0 Å². The largest absolute Gasteiger partial charge is 0.314 e. The molecule has 0 aromatic carbocycles. The molecule has 20 heavy (non-hydrogen) atoms. The molecular formula is C18H34N2. The Hall–Kier alpha value is -0.0800. The van der Waals surface area contributed by atoms with Gasteiger partial charge < -0.3 is 10.2 Å². The van der Waals surface area contributed by atoms with E-state index in [-0.39, 0.29) is 0 Å². The quantitative estimate of drug-likeness (QED) is 0.795. The van der Waals surface area contributed by atoms with Gasteiger partial charge in [0, 0.05) is 12.1 Å². The Bertz CT molecular complexity index is 285. The molecule has 2 heteroatoms. The van der Waals surface area contributed by atoms with Crippen molar-refractivity contribution in [2.75, 3.05) is 19.6 Å². The van der Waals surface area contributed by atoms with E-state index in [4.69, 9.17) is 0 Å². The molecule has 0 bridgehead atoms. The molecule has 0 aromatic rings. The van der Waals surface area contributed by atoms with E-state index in [2.05, 4.69) is 17.1 Å². The second kappa shape index (κ2) is 7.26. The van der Waals surface area contributed by atoms with Crippen molar-refractivity contribution in [3.05, 3.63) is 0 Å². The SMILES string of the molecule is CCNC1CCCC1CCN1CCCC1C1CCCC1. The van der Waals surface area contributed by atoms with E-state index < -0.39 is 0 Å². The lowest BCUT2D eigenvalue weighted by Gasteiger charge is -2.31. The average Bonchev–Trinajstić information content (AvgIpc) is 3.18. The first-order chi connectivity index (χ1) is 9.88. The zero-order chi connectivity index (χ0) is 13.8. The molecule has 3 fully saturated rings. The maximum absolute atomic E-state index is 3.72. The van der Waals surface area contributed by atoms with Crippen LogP contribution in [0.4, 0.5) is 0 Å². The summed E-state index contributed by atoms with van der Waals surface area (Å²) in [6, 6.07) is 1.78. The van der Waals surface area contributed by atoms with Gasteiger partial charge in [-0.25, -0.2) is 0 Å². The molecule has 1 aliphatic heterocycles. The number of nitrogens with one attached hydrogen (secondary N) is 1. The Morgan fingerprint density at radius 2 is 1.80 bits per heavy atom. The zero-order valence-electron chi connectivity index (χ0n) is 13.4. The van der Waals surface area contributed by atoms with Crippen LogP contribution in [0.1, 0.15) is 71.1 Å². The van der Waals surface area contributed by atoms with Gasteiger partial charge in [0.15, 0.2) is 0 Å². The van der Waals surface area contributed by atoms with Crippen molar-refractivity contribution >= 4 is 0 Å². The van der Waals surface area contributed by atoms with Crippen LogP contribution in [-0.2, 0) is 0 Å². The summed E-state index contributed by atoms with van der Waals surface area (Å²) >= 11 is 0. The van der Waals surface area contributed by atoms with Gasteiger partial charge in [0.2, 0.25) is 0 Å². The lowest BCUT2D eigenvalue weighted by molar-refractivity contribution is 0.175. The first-order valence-corrected chi connectivity index (χ1v) is 9.36. The van der Waals surface area contributed by atoms with Crippen LogP contribution >= 0.6 is 0 Å². The van der Waals surface area contributed by atoms with Crippen LogP contribution in [0.15, 0.2) is 0 Å². The van der Waals surface area contributed by atoms with Crippen molar-refractivity contribution in [3.8, 4) is 0 Å². The van der Waals surface area contributed by atoms with Crippen LogP contribution in [0.3, 0.4) is 0 Å². The molecule has 0 radical (unpaired) electrons. The first kappa shape index (κ1) is 14.8. The highest BCUT2D eigenvalue weighted by Crippen LogP contribution is 2.36. The molecule has 3 rings (SSSR count). The molecule has 0 spiro atoms. The van der Waals surface area contributed by atoms with Gasteiger partial charge in [0.05, 0.1) is 0 Å². The standard InChI is InChI=1S/C18H34N2/c1-2-19-17-10-5-9-15(17)12-14-20-13-6-11-18(20)16-7-3-4-8-16/h15-19H,2-14H2,1H3. The lowest BCUT2D eigenvalue weighted by atomic mass is 9.94. The Balaban J connectivity index is 1.47. The smallest absolute Gasteiger partial charge is 0.0124 e. The highest BCUT2D eigenvalue weighted by atomic mass is 15.2. The molecular weight excluding hydrogens is 244 g/mol. The van der Waals surface area contributed by atoms with Gasteiger partial charge in [-0.05, 0) is 76.4 Å². The maximum Gasteiger partial charge on any atom is 0.0124 e. The third-order valence-corrected chi connectivity index (χ3v) is 6.27. The zero-order valence-corrected chi connectivity index (χ0v) is 13.4. The molecule has 3 unspecified atom stereocenters. The summed E-state index contributed by atoms with van der Waals surface area (Å²) in [5.41, 5.74) is 0. The normalized spacial score (nSPS) is 36.1. The summed E-state index contributed by atoms with van der Waals surface area (Å²) in [4.78, 5) is 2.87. The van der Waals surface area contributed by atoms with E-state index in [0.29, 0.717) is 0 Å². The van der Waals surface area contributed by atoms with Crippen molar-refractivity contribution < 1.29 is 0 Å². The van der Waals surface area contributed by atoms with Gasteiger partial charge in [-0.3, -0.25) is 0 Å². The highest BCUT2D eigenvalue weighted by Gasteiger charge is 2.34. The molecule has 1 saturated heterocycles. The third kappa shape index (κ3) is 3.39. The van der Waals surface area contributed by atoms with E-state index in [1.54, 1.807) is 0 Å². The van der Waals surface area contributed by atoms with Crippen LogP contribution in [0.2, 0.25) is 0 Å². The van der Waals surface area contributed by atoms with Gasteiger partial charge in [-0.1, -0.05) is 26.2 Å². The van der Waals surface area contributed by atoms with E-state index in [1.165, 1.54) is 77.3 Å². The fourth-order valence-electron chi connectivity index (χ4n) is 5.25. The Morgan fingerprint density at radius 1 is 0.950 bits per heavy atom. The summed E-state index contributed by atoms with van der Waals surface area (Å²) in [6.07, 6.45) is 14.8. The molecule has 0 aromatic heterocycles. The molecule has 2 nitrogen and oxygen atoms in total. The van der Waals surface area contributed by atoms with Gasteiger partial charge in [0.1, 0.15) is 0 Å². The molecule has 3 aliphatic rings. The number of hydrogen-bond acceptors (Lipinski definition) is 2. The van der Waals surface area contributed by atoms with Gasteiger partial charge >= 0.3 is 0 Å². The van der Waals surface area contributed by atoms with Crippen LogP contribution in [-0.4, -0.2) is 36.6 Å². The van der Waals surface area contributed by atoms with Crippen molar-refractivity contribution in [1.29, 1.82) is 0 Å². The van der Waals surface area contributed by atoms with Crippen molar-refractivity contribution in [3.63, 3.8) is 0 Å². The summed E-state index contributed by atoms with van der Waals surface area (Å²) in [7, 11) is 0. The second-order valence-electron chi connectivity index (χ2n) is 7.43. The minimum absolute atomic E-state index is 0.826. The minimum atomic E-state index is 0.826. The fraction of sp³-hybridized carbons (Fsp3) is 1.00. The second-order valence-corrected chi connectivity index (χ2v) is 7.43. The van der Waals surface area contributed by atoms with E-state index in [0.717, 1.165) is 30.5 Å². The molecule has 1 N–H and O–H groups in total. The predicted octanol–water partition coefficient (Wildman–Crippen LogP) is 3.81. The topological polar surface area (TPSA) is 15.3 Å². The number of rotatable bonds is 6. The Kier molecular flexibility index (Phi) is 5.39. The van der Waals surface area contributed by atoms with Crippen LogP contribution in [0, 0.1) is 11.8 Å². The minimum Gasteiger partial charge on any atom is -0.314 e. The molecule has 1 heterocycles. The van der Waals surface area contributed by atoms with Crippen molar-refractivity contribution in [2.24, 2.45) is 11.8 Å². The van der Waals surface area contributed by atoms with Crippen molar-refractivity contribution in [1.82, 2.24) is 10.2 Å². The maximum atomic E-state index is 3.72. The van der Waals surface area contributed by atoms with E-state index in [1.807, 2.05) is 0 Å². The number of hydrogen-bond donors (Lipinski definition) is 1.